The van der Waals surface area contributed by atoms with Crippen molar-refractivity contribution in [1.82, 2.24) is 14.7 Å². The summed E-state index contributed by atoms with van der Waals surface area (Å²) in [7, 11) is 0. The van der Waals surface area contributed by atoms with Crippen molar-refractivity contribution in [3.63, 3.8) is 0 Å². The van der Waals surface area contributed by atoms with E-state index in [0.29, 0.717) is 21.4 Å². The van der Waals surface area contributed by atoms with Crippen LogP contribution in [0.2, 0.25) is 0 Å². The molecule has 1 saturated heterocycles. The number of aromatic nitrogens is 2. The van der Waals surface area contributed by atoms with E-state index in [9.17, 15) is 4.39 Å². The highest BCUT2D eigenvalue weighted by Gasteiger charge is 2.14. The number of hydrogen-bond donors (Lipinski definition) is 1. The van der Waals surface area contributed by atoms with Crippen LogP contribution >= 0.6 is 23.6 Å². The maximum atomic E-state index is 13.6. The summed E-state index contributed by atoms with van der Waals surface area (Å²) in [5.74, 6) is -0.292. The maximum absolute atomic E-state index is 13.6. The zero-order valence-corrected chi connectivity index (χ0v) is 12.5. The largest absolute Gasteiger partial charge is 0.328 e. The molecule has 0 radical (unpaired) electrons. The number of nitrogens with zero attached hydrogens (tertiary/aromatic N) is 3. The van der Waals surface area contributed by atoms with Crippen LogP contribution in [0.15, 0.2) is 24.3 Å². The van der Waals surface area contributed by atoms with E-state index in [4.69, 9.17) is 12.2 Å². The van der Waals surface area contributed by atoms with Crippen LogP contribution in [0.3, 0.4) is 0 Å². The van der Waals surface area contributed by atoms with E-state index >= 15 is 0 Å². The Kier molecular flexibility index (Phi) is 4.09. The Balaban J connectivity index is 1.75. The van der Waals surface area contributed by atoms with Gasteiger partial charge in [-0.25, -0.2) is 9.07 Å². The van der Waals surface area contributed by atoms with E-state index in [1.807, 2.05) is 0 Å². The third-order valence-corrected chi connectivity index (χ3v) is 4.48. The van der Waals surface area contributed by atoms with Crippen molar-refractivity contribution >= 4 is 34.4 Å². The molecule has 20 heavy (non-hydrogen) atoms. The Morgan fingerprint density at radius 1 is 1.30 bits per heavy atom. The lowest BCUT2D eigenvalue weighted by atomic mass is 10.3. The van der Waals surface area contributed by atoms with Gasteiger partial charge in [-0.2, -0.15) is 0 Å². The molecule has 0 unspecified atom stereocenters. The molecule has 1 aromatic heterocycles. The zero-order valence-electron chi connectivity index (χ0n) is 10.9. The van der Waals surface area contributed by atoms with Gasteiger partial charge in [0.25, 0.3) is 0 Å². The molecule has 4 nitrogen and oxygen atoms in total. The van der Waals surface area contributed by atoms with Gasteiger partial charge in [0.05, 0.1) is 12.4 Å². The summed E-state index contributed by atoms with van der Waals surface area (Å²) in [6.45, 7) is 2.90. The van der Waals surface area contributed by atoms with Crippen LogP contribution < -0.4 is 5.32 Å². The molecule has 0 bridgehead atoms. The van der Waals surface area contributed by atoms with Crippen LogP contribution in [0.5, 0.6) is 0 Å². The second-order valence-electron chi connectivity index (χ2n) is 4.74. The highest BCUT2D eigenvalue weighted by Crippen LogP contribution is 2.22. The molecule has 0 spiro atoms. The number of likely N-dealkylation sites (tertiary alicyclic amines) is 1. The molecule has 2 aromatic rings. The Hall–Kier alpha value is -1.31. The first-order chi connectivity index (χ1) is 9.72. The zero-order chi connectivity index (χ0) is 13.9. The average Bonchev–Trinajstić information content (AvgIpc) is 3.04. The van der Waals surface area contributed by atoms with Gasteiger partial charge in [-0.1, -0.05) is 23.5 Å². The highest BCUT2D eigenvalue weighted by atomic mass is 32.1. The lowest BCUT2D eigenvalue weighted by Crippen LogP contribution is -2.23. The average molecular weight is 310 g/mol. The van der Waals surface area contributed by atoms with Gasteiger partial charge in [0.1, 0.15) is 5.82 Å². The van der Waals surface area contributed by atoms with Gasteiger partial charge in [0, 0.05) is 0 Å². The van der Waals surface area contributed by atoms with Gasteiger partial charge in [0.15, 0.2) is 3.95 Å². The van der Waals surface area contributed by atoms with Crippen LogP contribution in [0.25, 0.3) is 0 Å². The second kappa shape index (κ2) is 5.99. The van der Waals surface area contributed by atoms with E-state index in [1.165, 1.54) is 30.2 Å². The van der Waals surface area contributed by atoms with Gasteiger partial charge in [-0.05, 0) is 50.3 Å². The Morgan fingerprint density at radius 3 is 2.80 bits per heavy atom. The van der Waals surface area contributed by atoms with E-state index in [0.717, 1.165) is 13.1 Å². The summed E-state index contributed by atoms with van der Waals surface area (Å²) in [5.41, 5.74) is 0.421. The lowest BCUT2D eigenvalue weighted by Gasteiger charge is -2.13. The van der Waals surface area contributed by atoms with E-state index in [2.05, 4.69) is 15.3 Å². The SMILES string of the molecule is Fc1ccccc1Nc1nn(CN2CCCC2)c(=S)s1. The van der Waals surface area contributed by atoms with Crippen LogP contribution in [0.4, 0.5) is 15.2 Å². The Morgan fingerprint density at radius 2 is 2.05 bits per heavy atom. The van der Waals surface area contributed by atoms with Gasteiger partial charge >= 0.3 is 0 Å². The molecule has 1 N–H and O–H groups in total. The van der Waals surface area contributed by atoms with E-state index in [1.54, 1.807) is 22.9 Å². The number of nitrogens with one attached hydrogen (secondary N) is 1. The first-order valence-corrected chi connectivity index (χ1v) is 7.77. The van der Waals surface area contributed by atoms with Gasteiger partial charge in [-0.3, -0.25) is 4.90 Å². The maximum Gasteiger partial charge on any atom is 0.209 e. The minimum atomic E-state index is -0.292. The van der Waals surface area contributed by atoms with Crippen LogP contribution in [-0.2, 0) is 6.67 Å². The topological polar surface area (TPSA) is 33.1 Å². The minimum absolute atomic E-state index is 0.292. The fraction of sp³-hybridized carbons (Fsp3) is 0.385. The van der Waals surface area contributed by atoms with Crippen LogP contribution in [-0.4, -0.2) is 27.8 Å². The first kappa shape index (κ1) is 13.7. The summed E-state index contributed by atoms with van der Waals surface area (Å²) >= 11 is 6.68. The monoisotopic (exact) mass is 310 g/mol. The molecule has 1 fully saturated rings. The number of halogens is 1. The number of hydrogen-bond acceptors (Lipinski definition) is 5. The van der Waals surface area contributed by atoms with E-state index < -0.39 is 0 Å². The Bertz CT molecular complexity index is 646. The molecule has 106 valence electrons. The normalized spacial score (nSPS) is 15.7. The van der Waals surface area contributed by atoms with Gasteiger partial charge in [-0.15, -0.1) is 5.10 Å². The third kappa shape index (κ3) is 3.05. The lowest BCUT2D eigenvalue weighted by molar-refractivity contribution is 0.255. The molecule has 3 rings (SSSR count). The van der Waals surface area contributed by atoms with E-state index in [-0.39, 0.29) is 5.82 Å². The predicted octanol–water partition coefficient (Wildman–Crippen LogP) is 3.61. The molecule has 0 aliphatic carbocycles. The summed E-state index contributed by atoms with van der Waals surface area (Å²) in [6.07, 6.45) is 2.47. The van der Waals surface area contributed by atoms with Crippen molar-refractivity contribution in [3.8, 4) is 0 Å². The molecule has 0 amide bonds. The van der Waals surface area contributed by atoms with Crippen molar-refractivity contribution in [2.24, 2.45) is 0 Å². The quantitative estimate of drug-likeness (QED) is 0.875. The number of benzene rings is 1. The molecule has 1 aliphatic rings. The predicted molar refractivity (Wildman–Crippen MR) is 81.4 cm³/mol. The molecule has 0 saturated carbocycles. The highest BCUT2D eigenvalue weighted by molar-refractivity contribution is 7.73. The molecule has 0 atom stereocenters. The van der Waals surface area contributed by atoms with Crippen molar-refractivity contribution in [1.29, 1.82) is 0 Å². The molecular formula is C13H15FN4S2. The summed E-state index contributed by atoms with van der Waals surface area (Å²) in [5, 5.41) is 8.03. The molecular weight excluding hydrogens is 295 g/mol. The van der Waals surface area contributed by atoms with Gasteiger partial charge in [0.2, 0.25) is 5.13 Å². The van der Waals surface area contributed by atoms with Crippen molar-refractivity contribution in [2.45, 2.75) is 19.5 Å². The minimum Gasteiger partial charge on any atom is -0.328 e. The number of anilines is 2. The smallest absolute Gasteiger partial charge is 0.209 e. The van der Waals surface area contributed by atoms with Crippen molar-refractivity contribution in [2.75, 3.05) is 18.4 Å². The summed E-state index contributed by atoms with van der Waals surface area (Å²) in [4.78, 5) is 2.32. The standard InChI is InChI=1S/C13H15FN4S2/c14-10-5-1-2-6-11(10)15-12-16-18(13(19)20-12)9-17-7-3-4-8-17/h1-2,5-6H,3-4,7-9H2,(H,15,16). The molecule has 2 heterocycles. The number of rotatable bonds is 4. The second-order valence-corrected chi connectivity index (χ2v) is 6.37. The molecule has 1 aromatic carbocycles. The van der Waals surface area contributed by atoms with Crippen molar-refractivity contribution in [3.05, 3.63) is 34.0 Å². The van der Waals surface area contributed by atoms with Gasteiger partial charge < -0.3 is 5.32 Å². The fourth-order valence-corrected chi connectivity index (χ4v) is 3.24. The molecule has 1 aliphatic heterocycles. The summed E-state index contributed by atoms with van der Waals surface area (Å²) < 4.78 is 16.1. The Labute approximate surface area is 125 Å². The first-order valence-electron chi connectivity index (χ1n) is 6.54. The van der Waals surface area contributed by atoms with Crippen LogP contribution in [0.1, 0.15) is 12.8 Å². The fourth-order valence-electron chi connectivity index (χ4n) is 2.24. The van der Waals surface area contributed by atoms with Crippen LogP contribution in [0, 0.1) is 9.77 Å². The summed E-state index contributed by atoms with van der Waals surface area (Å²) in [6, 6.07) is 6.55. The number of para-hydroxylation sites is 1. The molecule has 7 heteroatoms. The van der Waals surface area contributed by atoms with Crippen molar-refractivity contribution < 1.29 is 4.39 Å². The third-order valence-electron chi connectivity index (χ3n) is 3.25.